The number of nitrogens with one attached hydrogen (secondary N) is 1. The molecule has 0 radical (unpaired) electrons. The number of amides is 2. The molecule has 1 unspecified atom stereocenters. The number of carbonyl (C=O) groups excluding carboxylic acids is 2. The highest BCUT2D eigenvalue weighted by molar-refractivity contribution is 6.30. The molecule has 1 atom stereocenters. The lowest BCUT2D eigenvalue weighted by Gasteiger charge is -2.22. The van der Waals surface area contributed by atoms with Crippen LogP contribution in [0.25, 0.3) is 0 Å². The number of aromatic hydroxyl groups is 1. The fourth-order valence-electron chi connectivity index (χ4n) is 2.24. The molecular weight excluding hydrogens is 268 g/mol. The molecule has 2 N–H and O–H groups in total. The second kappa shape index (κ2) is 5.48. The quantitative estimate of drug-likeness (QED) is 0.815. The van der Waals surface area contributed by atoms with Gasteiger partial charge in [0.25, 0.3) is 0 Å². The number of nitrogens with zero attached hydrogens (tertiary/aromatic N) is 1. The van der Waals surface area contributed by atoms with Crippen LogP contribution >= 0.6 is 11.6 Å². The Kier molecular flexibility index (Phi) is 3.95. The third kappa shape index (κ3) is 2.98. The predicted octanol–water partition coefficient (Wildman–Crippen LogP) is 1.99. The minimum atomic E-state index is -0.465. The second-order valence-electron chi connectivity index (χ2n) is 4.52. The summed E-state index contributed by atoms with van der Waals surface area (Å²) in [6.07, 6.45) is 1.45. The maximum atomic E-state index is 12.1. The fourth-order valence-corrected chi connectivity index (χ4v) is 2.41. The van der Waals surface area contributed by atoms with Crippen LogP contribution in [-0.4, -0.2) is 34.4 Å². The van der Waals surface area contributed by atoms with Crippen LogP contribution in [0.5, 0.6) is 5.75 Å². The molecule has 0 aliphatic carbocycles. The zero-order chi connectivity index (χ0) is 14.0. The largest absolute Gasteiger partial charge is 0.506 e. The van der Waals surface area contributed by atoms with Gasteiger partial charge >= 0.3 is 0 Å². The number of hydrogen-bond acceptors (Lipinski definition) is 3. The molecule has 0 spiro atoms. The molecule has 1 aliphatic heterocycles. The monoisotopic (exact) mass is 282 g/mol. The molecule has 2 amide bonds. The highest BCUT2D eigenvalue weighted by Crippen LogP contribution is 2.27. The van der Waals surface area contributed by atoms with Crippen molar-refractivity contribution < 1.29 is 14.7 Å². The number of anilines is 1. The van der Waals surface area contributed by atoms with E-state index in [2.05, 4.69) is 5.32 Å². The van der Waals surface area contributed by atoms with Crippen LogP contribution in [0.4, 0.5) is 5.69 Å². The first-order chi connectivity index (χ1) is 8.99. The molecule has 102 valence electrons. The maximum absolute atomic E-state index is 12.1. The SMILES string of the molecule is CC(=O)N1CCCC1C(=O)Nc1ccc(Cl)cc1O. The summed E-state index contributed by atoms with van der Waals surface area (Å²) in [5, 5.41) is 12.7. The molecule has 0 saturated carbocycles. The lowest BCUT2D eigenvalue weighted by atomic mass is 10.2. The summed E-state index contributed by atoms with van der Waals surface area (Å²) in [7, 11) is 0. The minimum Gasteiger partial charge on any atom is -0.506 e. The van der Waals surface area contributed by atoms with Gasteiger partial charge in [0.05, 0.1) is 5.69 Å². The van der Waals surface area contributed by atoms with E-state index in [4.69, 9.17) is 11.6 Å². The number of phenolic OH excluding ortho intramolecular Hbond substituents is 1. The lowest BCUT2D eigenvalue weighted by Crippen LogP contribution is -2.42. The van der Waals surface area contributed by atoms with E-state index < -0.39 is 6.04 Å². The minimum absolute atomic E-state index is 0.0896. The van der Waals surface area contributed by atoms with Gasteiger partial charge in [-0.05, 0) is 25.0 Å². The fraction of sp³-hybridized carbons (Fsp3) is 0.385. The van der Waals surface area contributed by atoms with Gasteiger partial charge in [0, 0.05) is 24.6 Å². The first-order valence-corrected chi connectivity index (χ1v) is 6.43. The van der Waals surface area contributed by atoms with E-state index in [1.54, 1.807) is 11.0 Å². The van der Waals surface area contributed by atoms with Gasteiger partial charge in [0.1, 0.15) is 11.8 Å². The summed E-state index contributed by atoms with van der Waals surface area (Å²) in [6, 6.07) is 4.00. The van der Waals surface area contributed by atoms with Crippen molar-refractivity contribution >= 4 is 29.1 Å². The number of likely N-dealkylation sites (tertiary alicyclic amines) is 1. The molecule has 0 bridgehead atoms. The molecule has 1 aromatic carbocycles. The first-order valence-electron chi connectivity index (χ1n) is 6.05. The molecule has 0 aromatic heterocycles. The van der Waals surface area contributed by atoms with E-state index in [1.807, 2.05) is 0 Å². The van der Waals surface area contributed by atoms with Crippen molar-refractivity contribution in [2.24, 2.45) is 0 Å². The van der Waals surface area contributed by atoms with Crippen molar-refractivity contribution in [2.75, 3.05) is 11.9 Å². The van der Waals surface area contributed by atoms with E-state index in [0.717, 1.165) is 6.42 Å². The number of phenols is 1. The summed E-state index contributed by atoms with van der Waals surface area (Å²) in [5.74, 6) is -0.489. The van der Waals surface area contributed by atoms with Crippen molar-refractivity contribution in [2.45, 2.75) is 25.8 Å². The highest BCUT2D eigenvalue weighted by Gasteiger charge is 2.32. The van der Waals surface area contributed by atoms with Crippen LogP contribution in [-0.2, 0) is 9.59 Å². The Balaban J connectivity index is 2.10. The summed E-state index contributed by atoms with van der Waals surface area (Å²) in [5.41, 5.74) is 0.296. The Bertz CT molecular complexity index is 519. The van der Waals surface area contributed by atoms with Crippen molar-refractivity contribution in [1.29, 1.82) is 0 Å². The molecular formula is C13H15ClN2O3. The van der Waals surface area contributed by atoms with Gasteiger partial charge in [-0.3, -0.25) is 9.59 Å². The third-order valence-electron chi connectivity index (χ3n) is 3.18. The van der Waals surface area contributed by atoms with E-state index in [-0.39, 0.29) is 17.6 Å². The van der Waals surface area contributed by atoms with Gasteiger partial charge in [0.15, 0.2) is 0 Å². The lowest BCUT2D eigenvalue weighted by molar-refractivity contribution is -0.134. The topological polar surface area (TPSA) is 69.6 Å². The average molecular weight is 283 g/mol. The summed E-state index contributed by atoms with van der Waals surface area (Å²) >= 11 is 5.72. The smallest absolute Gasteiger partial charge is 0.247 e. The molecule has 19 heavy (non-hydrogen) atoms. The Morgan fingerprint density at radius 2 is 2.21 bits per heavy atom. The van der Waals surface area contributed by atoms with Crippen molar-refractivity contribution in [3.05, 3.63) is 23.2 Å². The van der Waals surface area contributed by atoms with Gasteiger partial charge in [0.2, 0.25) is 11.8 Å². The van der Waals surface area contributed by atoms with Crippen LogP contribution in [0, 0.1) is 0 Å². The first kappa shape index (κ1) is 13.7. The molecule has 1 aliphatic rings. The van der Waals surface area contributed by atoms with Crippen LogP contribution in [0.1, 0.15) is 19.8 Å². The van der Waals surface area contributed by atoms with Crippen molar-refractivity contribution in [3.63, 3.8) is 0 Å². The number of hydrogen-bond donors (Lipinski definition) is 2. The van der Waals surface area contributed by atoms with E-state index in [1.165, 1.54) is 19.1 Å². The zero-order valence-corrected chi connectivity index (χ0v) is 11.3. The Hall–Kier alpha value is -1.75. The van der Waals surface area contributed by atoms with Crippen LogP contribution in [0.2, 0.25) is 5.02 Å². The molecule has 1 fully saturated rings. The standard InChI is InChI=1S/C13H15ClN2O3/c1-8(17)16-6-2-3-11(16)13(19)15-10-5-4-9(14)7-12(10)18/h4-5,7,11,18H,2-3,6H2,1H3,(H,15,19). The Morgan fingerprint density at radius 3 is 2.84 bits per heavy atom. The zero-order valence-electron chi connectivity index (χ0n) is 10.5. The van der Waals surface area contributed by atoms with Gasteiger partial charge in [-0.1, -0.05) is 11.6 Å². The maximum Gasteiger partial charge on any atom is 0.247 e. The van der Waals surface area contributed by atoms with Crippen LogP contribution in [0.15, 0.2) is 18.2 Å². The predicted molar refractivity (Wildman–Crippen MR) is 72.2 cm³/mol. The van der Waals surface area contributed by atoms with Gasteiger partial charge in [-0.2, -0.15) is 0 Å². The van der Waals surface area contributed by atoms with Crippen LogP contribution < -0.4 is 5.32 Å². The molecule has 1 saturated heterocycles. The molecule has 6 heteroatoms. The Labute approximate surface area is 116 Å². The number of benzene rings is 1. The van der Waals surface area contributed by atoms with Crippen LogP contribution in [0.3, 0.4) is 0 Å². The Morgan fingerprint density at radius 1 is 1.47 bits per heavy atom. The number of halogens is 1. The summed E-state index contributed by atoms with van der Waals surface area (Å²) < 4.78 is 0. The molecule has 1 heterocycles. The van der Waals surface area contributed by atoms with E-state index in [0.29, 0.717) is 23.7 Å². The van der Waals surface area contributed by atoms with E-state index >= 15 is 0 Å². The molecule has 1 aromatic rings. The number of rotatable bonds is 2. The normalized spacial score (nSPS) is 18.4. The molecule has 5 nitrogen and oxygen atoms in total. The van der Waals surface area contributed by atoms with Crippen molar-refractivity contribution in [3.8, 4) is 5.75 Å². The van der Waals surface area contributed by atoms with E-state index in [9.17, 15) is 14.7 Å². The number of carbonyl (C=O) groups is 2. The van der Waals surface area contributed by atoms with Gasteiger partial charge in [-0.15, -0.1) is 0 Å². The third-order valence-corrected chi connectivity index (χ3v) is 3.41. The van der Waals surface area contributed by atoms with Gasteiger partial charge in [-0.25, -0.2) is 0 Å². The second-order valence-corrected chi connectivity index (χ2v) is 4.96. The summed E-state index contributed by atoms with van der Waals surface area (Å²) in [6.45, 7) is 2.05. The van der Waals surface area contributed by atoms with Gasteiger partial charge < -0.3 is 15.3 Å². The highest BCUT2D eigenvalue weighted by atomic mass is 35.5. The molecule has 2 rings (SSSR count). The average Bonchev–Trinajstić information content (AvgIpc) is 2.82. The van der Waals surface area contributed by atoms with Crippen molar-refractivity contribution in [1.82, 2.24) is 4.90 Å². The summed E-state index contributed by atoms with van der Waals surface area (Å²) in [4.78, 5) is 25.1.